The second kappa shape index (κ2) is 7.79. The summed E-state index contributed by atoms with van der Waals surface area (Å²) >= 11 is 0. The molecule has 1 unspecified atom stereocenters. The summed E-state index contributed by atoms with van der Waals surface area (Å²) in [6, 6.07) is 7.30. The fraction of sp³-hybridized carbons (Fsp3) is 0.471. The van der Waals surface area contributed by atoms with Crippen LogP contribution < -0.4 is 4.74 Å². The van der Waals surface area contributed by atoms with Crippen LogP contribution in [0.15, 0.2) is 24.3 Å². The Balaban J connectivity index is 2.32. The SMILES string of the molecule is COC(=O)c1nn(COC(C)[Si](C)(C)C)nc1-c1cccc(OC)c1. The van der Waals surface area contributed by atoms with Crippen molar-refractivity contribution in [3.63, 3.8) is 0 Å². The maximum atomic E-state index is 12.1. The molecule has 7 nitrogen and oxygen atoms in total. The minimum absolute atomic E-state index is 0.139. The van der Waals surface area contributed by atoms with E-state index in [2.05, 4.69) is 36.8 Å². The van der Waals surface area contributed by atoms with E-state index in [1.165, 1.54) is 11.9 Å². The lowest BCUT2D eigenvalue weighted by molar-refractivity contribution is 0.0394. The predicted molar refractivity (Wildman–Crippen MR) is 97.2 cm³/mol. The van der Waals surface area contributed by atoms with Crippen molar-refractivity contribution in [1.29, 1.82) is 0 Å². The number of ether oxygens (including phenoxy) is 3. The third-order valence-corrected chi connectivity index (χ3v) is 6.64. The van der Waals surface area contributed by atoms with Gasteiger partial charge in [-0.15, -0.1) is 5.10 Å². The molecule has 25 heavy (non-hydrogen) atoms. The van der Waals surface area contributed by atoms with Gasteiger partial charge in [-0.05, 0) is 19.1 Å². The van der Waals surface area contributed by atoms with E-state index in [-0.39, 0.29) is 18.2 Å². The van der Waals surface area contributed by atoms with Crippen molar-refractivity contribution in [1.82, 2.24) is 15.0 Å². The molecule has 136 valence electrons. The van der Waals surface area contributed by atoms with Crippen LogP contribution in [0.4, 0.5) is 0 Å². The molecule has 0 fully saturated rings. The smallest absolute Gasteiger partial charge is 0.360 e. The highest BCUT2D eigenvalue weighted by molar-refractivity contribution is 6.77. The molecule has 0 radical (unpaired) electrons. The maximum Gasteiger partial charge on any atom is 0.360 e. The van der Waals surface area contributed by atoms with Crippen molar-refractivity contribution in [2.75, 3.05) is 14.2 Å². The van der Waals surface area contributed by atoms with Crippen LogP contribution in [0, 0.1) is 0 Å². The van der Waals surface area contributed by atoms with Crippen molar-refractivity contribution < 1.29 is 19.0 Å². The maximum absolute atomic E-state index is 12.1. The Morgan fingerprint density at radius 2 is 1.96 bits per heavy atom. The normalized spacial score (nSPS) is 12.7. The first-order valence-corrected chi connectivity index (χ1v) is 11.6. The summed E-state index contributed by atoms with van der Waals surface area (Å²) in [5.74, 6) is 0.133. The van der Waals surface area contributed by atoms with E-state index in [0.29, 0.717) is 11.4 Å². The number of rotatable bonds is 7. The van der Waals surface area contributed by atoms with Crippen molar-refractivity contribution in [2.24, 2.45) is 0 Å². The van der Waals surface area contributed by atoms with E-state index in [4.69, 9.17) is 14.2 Å². The Kier molecular flexibility index (Phi) is 5.96. The molecule has 0 saturated heterocycles. The molecule has 1 heterocycles. The monoisotopic (exact) mass is 363 g/mol. The molecule has 1 aromatic carbocycles. The van der Waals surface area contributed by atoms with E-state index in [0.717, 1.165) is 5.56 Å². The lowest BCUT2D eigenvalue weighted by atomic mass is 10.1. The first-order chi connectivity index (χ1) is 11.8. The van der Waals surface area contributed by atoms with Gasteiger partial charge in [-0.1, -0.05) is 31.8 Å². The highest BCUT2D eigenvalue weighted by Crippen LogP contribution is 2.25. The van der Waals surface area contributed by atoms with Crippen molar-refractivity contribution in [3.8, 4) is 17.0 Å². The summed E-state index contributed by atoms with van der Waals surface area (Å²) < 4.78 is 15.9. The summed E-state index contributed by atoms with van der Waals surface area (Å²) in [5.41, 5.74) is 1.46. The highest BCUT2D eigenvalue weighted by atomic mass is 28.3. The van der Waals surface area contributed by atoms with Gasteiger partial charge in [0, 0.05) is 11.3 Å². The number of carbonyl (C=O) groups excluding carboxylic acids is 1. The summed E-state index contributed by atoms with van der Waals surface area (Å²) in [6.07, 6.45) is 0. The van der Waals surface area contributed by atoms with Gasteiger partial charge in [0.15, 0.2) is 12.4 Å². The zero-order valence-corrected chi connectivity index (χ0v) is 16.6. The molecule has 0 N–H and O–H groups in total. The number of esters is 1. The van der Waals surface area contributed by atoms with Crippen LogP contribution in [0.25, 0.3) is 11.3 Å². The Labute approximate surface area is 148 Å². The number of benzene rings is 1. The lowest BCUT2D eigenvalue weighted by Gasteiger charge is -2.24. The molecule has 0 spiro atoms. The van der Waals surface area contributed by atoms with E-state index >= 15 is 0 Å². The Morgan fingerprint density at radius 1 is 1.24 bits per heavy atom. The summed E-state index contributed by atoms with van der Waals surface area (Å²) in [4.78, 5) is 13.5. The van der Waals surface area contributed by atoms with Gasteiger partial charge >= 0.3 is 5.97 Å². The zero-order valence-electron chi connectivity index (χ0n) is 15.6. The number of aromatic nitrogens is 3. The third kappa shape index (κ3) is 4.67. The first kappa shape index (κ1) is 19.1. The van der Waals surface area contributed by atoms with Crippen LogP contribution in [0.5, 0.6) is 5.75 Å². The minimum Gasteiger partial charge on any atom is -0.497 e. The number of methoxy groups -OCH3 is 2. The van der Waals surface area contributed by atoms with Gasteiger partial charge in [-0.25, -0.2) is 4.79 Å². The van der Waals surface area contributed by atoms with E-state index in [9.17, 15) is 4.79 Å². The molecular weight excluding hydrogens is 338 g/mol. The largest absolute Gasteiger partial charge is 0.497 e. The molecule has 2 aromatic rings. The Morgan fingerprint density at radius 3 is 2.56 bits per heavy atom. The molecule has 0 saturated carbocycles. The van der Waals surface area contributed by atoms with Gasteiger partial charge in [0.05, 0.1) is 22.3 Å². The summed E-state index contributed by atoms with van der Waals surface area (Å²) in [6.45, 7) is 8.93. The number of hydrogen-bond acceptors (Lipinski definition) is 6. The summed E-state index contributed by atoms with van der Waals surface area (Å²) in [7, 11) is 1.48. The second-order valence-electron chi connectivity index (χ2n) is 6.80. The quantitative estimate of drug-likeness (QED) is 0.556. The van der Waals surface area contributed by atoms with Gasteiger partial charge in [0.25, 0.3) is 0 Å². The molecule has 0 aliphatic carbocycles. The molecule has 0 aliphatic rings. The zero-order chi connectivity index (χ0) is 18.6. The highest BCUT2D eigenvalue weighted by Gasteiger charge is 2.25. The Hall–Kier alpha value is -2.19. The standard InChI is InChI=1S/C17H25N3O4Si/c1-12(25(4,5)6)24-11-20-18-15(16(19-20)17(21)23-3)13-8-7-9-14(10-13)22-2/h7-10,12H,11H2,1-6H3. The number of hydrogen-bond donors (Lipinski definition) is 0. The van der Waals surface area contributed by atoms with Crippen LogP contribution in [-0.4, -0.2) is 49.0 Å². The molecule has 2 rings (SSSR count). The number of nitrogens with zero attached hydrogens (tertiary/aromatic N) is 3. The second-order valence-corrected chi connectivity index (χ2v) is 12.3. The molecule has 1 aromatic heterocycles. The van der Waals surface area contributed by atoms with Gasteiger partial charge in [0.1, 0.15) is 11.4 Å². The fourth-order valence-electron chi connectivity index (χ4n) is 2.03. The van der Waals surface area contributed by atoms with Crippen molar-refractivity contribution in [2.45, 2.75) is 39.0 Å². The average molecular weight is 363 g/mol. The van der Waals surface area contributed by atoms with E-state index < -0.39 is 14.0 Å². The van der Waals surface area contributed by atoms with E-state index in [1.54, 1.807) is 13.2 Å². The molecule has 0 bridgehead atoms. The van der Waals surface area contributed by atoms with Crippen LogP contribution >= 0.6 is 0 Å². The van der Waals surface area contributed by atoms with Crippen LogP contribution in [0.2, 0.25) is 19.6 Å². The molecule has 8 heteroatoms. The van der Waals surface area contributed by atoms with Crippen molar-refractivity contribution >= 4 is 14.0 Å². The van der Waals surface area contributed by atoms with E-state index in [1.807, 2.05) is 18.2 Å². The van der Waals surface area contributed by atoms with Crippen LogP contribution in [0.3, 0.4) is 0 Å². The summed E-state index contributed by atoms with van der Waals surface area (Å²) in [5, 5.41) is 8.67. The average Bonchev–Trinajstić information content (AvgIpc) is 3.02. The van der Waals surface area contributed by atoms with Crippen LogP contribution in [0.1, 0.15) is 17.4 Å². The van der Waals surface area contributed by atoms with Gasteiger partial charge < -0.3 is 14.2 Å². The predicted octanol–water partition coefficient (Wildman–Crippen LogP) is 2.98. The van der Waals surface area contributed by atoms with Gasteiger partial charge in [-0.3, -0.25) is 0 Å². The molecule has 0 amide bonds. The minimum atomic E-state index is -1.43. The first-order valence-electron chi connectivity index (χ1n) is 8.05. The van der Waals surface area contributed by atoms with Gasteiger partial charge in [-0.2, -0.15) is 9.90 Å². The Bertz CT molecular complexity index is 740. The molecule has 0 aliphatic heterocycles. The third-order valence-electron chi connectivity index (χ3n) is 4.04. The van der Waals surface area contributed by atoms with Crippen LogP contribution in [-0.2, 0) is 16.2 Å². The lowest BCUT2D eigenvalue weighted by Crippen LogP contribution is -2.38. The topological polar surface area (TPSA) is 75.5 Å². The molecular formula is C17H25N3O4Si. The fourth-order valence-corrected chi connectivity index (χ4v) is 2.61. The van der Waals surface area contributed by atoms with Gasteiger partial charge in [0.2, 0.25) is 0 Å². The number of carbonyl (C=O) groups is 1. The van der Waals surface area contributed by atoms with Crippen molar-refractivity contribution in [3.05, 3.63) is 30.0 Å². The molecule has 1 atom stereocenters.